The van der Waals surface area contributed by atoms with E-state index in [9.17, 15) is 4.79 Å². The summed E-state index contributed by atoms with van der Waals surface area (Å²) in [6.07, 6.45) is 3.26. The molecule has 1 fully saturated rings. The maximum absolute atomic E-state index is 10.5. The summed E-state index contributed by atoms with van der Waals surface area (Å²) in [6, 6.07) is 1.50. The van der Waals surface area contributed by atoms with E-state index in [2.05, 4.69) is 10.1 Å². The average molecular weight is 210 g/mol. The van der Waals surface area contributed by atoms with Gasteiger partial charge in [-0.2, -0.15) is 0 Å². The molecule has 0 saturated carbocycles. The number of aromatic nitrogens is 1. The number of nitrogens with zero attached hydrogens (tertiary/aromatic N) is 2. The summed E-state index contributed by atoms with van der Waals surface area (Å²) < 4.78 is 4.93. The minimum atomic E-state index is -1.04. The second-order valence-corrected chi connectivity index (χ2v) is 3.78. The molecule has 0 unspecified atom stereocenters. The second-order valence-electron chi connectivity index (χ2n) is 3.78. The van der Waals surface area contributed by atoms with Crippen molar-refractivity contribution in [1.29, 1.82) is 0 Å². The smallest absolute Gasteiger partial charge is 0.358 e. The van der Waals surface area contributed by atoms with E-state index in [4.69, 9.17) is 9.63 Å². The molecule has 2 rings (SSSR count). The summed E-state index contributed by atoms with van der Waals surface area (Å²) >= 11 is 0. The lowest BCUT2D eigenvalue weighted by Crippen LogP contribution is -2.21. The van der Waals surface area contributed by atoms with Gasteiger partial charge in [0.2, 0.25) is 0 Å². The number of aromatic carboxylic acids is 1. The highest BCUT2D eigenvalue weighted by Crippen LogP contribution is 2.10. The molecule has 1 aliphatic rings. The van der Waals surface area contributed by atoms with Crippen molar-refractivity contribution < 1.29 is 14.4 Å². The van der Waals surface area contributed by atoms with Crippen LogP contribution in [0.4, 0.5) is 0 Å². The summed E-state index contributed by atoms with van der Waals surface area (Å²) in [7, 11) is 0. The van der Waals surface area contributed by atoms with Gasteiger partial charge in [-0.05, 0) is 25.9 Å². The third-order valence-corrected chi connectivity index (χ3v) is 2.65. The van der Waals surface area contributed by atoms with Gasteiger partial charge in [0.25, 0.3) is 0 Å². The van der Waals surface area contributed by atoms with Gasteiger partial charge in [-0.3, -0.25) is 0 Å². The molecule has 1 saturated heterocycles. The van der Waals surface area contributed by atoms with Gasteiger partial charge < -0.3 is 14.5 Å². The molecule has 1 N–H and O–H groups in total. The third kappa shape index (κ3) is 2.56. The van der Waals surface area contributed by atoms with Crippen LogP contribution in [0.5, 0.6) is 0 Å². The molecule has 0 radical (unpaired) electrons. The molecule has 0 atom stereocenters. The zero-order valence-corrected chi connectivity index (χ0v) is 8.48. The Balaban J connectivity index is 1.84. The maximum atomic E-state index is 10.5. The Morgan fingerprint density at radius 1 is 1.53 bits per heavy atom. The summed E-state index contributed by atoms with van der Waals surface area (Å²) in [4.78, 5) is 12.9. The van der Waals surface area contributed by atoms with Crippen LogP contribution in [0, 0.1) is 0 Å². The van der Waals surface area contributed by atoms with Crippen molar-refractivity contribution in [3.8, 4) is 0 Å². The van der Waals surface area contributed by atoms with Crippen molar-refractivity contribution in [2.45, 2.75) is 19.3 Å². The molecule has 82 valence electrons. The molecule has 0 aliphatic carbocycles. The molecular formula is C10H14N2O3. The van der Waals surface area contributed by atoms with E-state index < -0.39 is 5.97 Å². The van der Waals surface area contributed by atoms with Crippen LogP contribution in [0.1, 0.15) is 29.1 Å². The topological polar surface area (TPSA) is 66.6 Å². The monoisotopic (exact) mass is 210 g/mol. The third-order valence-electron chi connectivity index (χ3n) is 2.65. The minimum absolute atomic E-state index is 0.00794. The first-order chi connectivity index (χ1) is 7.25. The highest BCUT2D eigenvalue weighted by Gasteiger charge is 2.14. The summed E-state index contributed by atoms with van der Waals surface area (Å²) in [5.74, 6) is -0.384. The predicted molar refractivity (Wildman–Crippen MR) is 52.8 cm³/mol. The van der Waals surface area contributed by atoms with Gasteiger partial charge in [-0.15, -0.1) is 0 Å². The van der Waals surface area contributed by atoms with Crippen LogP contribution >= 0.6 is 0 Å². The predicted octanol–water partition coefficient (Wildman–Crippen LogP) is 1.01. The number of carboxylic acid groups (broad SMARTS) is 1. The van der Waals surface area contributed by atoms with Gasteiger partial charge in [0.1, 0.15) is 5.76 Å². The SMILES string of the molecule is O=C(O)c1cc(CCN2CCCC2)on1. The first-order valence-corrected chi connectivity index (χ1v) is 5.17. The fourth-order valence-corrected chi connectivity index (χ4v) is 1.81. The molecule has 1 aromatic heterocycles. The number of hydrogen-bond acceptors (Lipinski definition) is 4. The van der Waals surface area contributed by atoms with Crippen LogP contribution in [0.15, 0.2) is 10.6 Å². The van der Waals surface area contributed by atoms with Gasteiger partial charge >= 0.3 is 5.97 Å². The standard InChI is InChI=1S/C10H14N2O3/c13-10(14)9-7-8(15-11-9)3-6-12-4-1-2-5-12/h7H,1-6H2,(H,13,14). The van der Waals surface area contributed by atoms with E-state index >= 15 is 0 Å². The fraction of sp³-hybridized carbons (Fsp3) is 0.600. The van der Waals surface area contributed by atoms with Gasteiger partial charge in [0.05, 0.1) is 0 Å². The van der Waals surface area contributed by atoms with Crippen molar-refractivity contribution in [3.05, 3.63) is 17.5 Å². The number of carboxylic acids is 1. The van der Waals surface area contributed by atoms with Crippen LogP contribution in [-0.4, -0.2) is 40.8 Å². The van der Waals surface area contributed by atoms with Crippen molar-refractivity contribution in [2.24, 2.45) is 0 Å². The van der Waals surface area contributed by atoms with Crippen molar-refractivity contribution >= 4 is 5.97 Å². The first kappa shape index (κ1) is 10.2. The molecule has 1 aromatic rings. The van der Waals surface area contributed by atoms with Crippen LogP contribution in [0.3, 0.4) is 0 Å². The van der Waals surface area contributed by atoms with E-state index in [0.717, 1.165) is 26.1 Å². The van der Waals surface area contributed by atoms with Gasteiger partial charge in [0, 0.05) is 19.0 Å². The molecule has 1 aliphatic heterocycles. The molecule has 15 heavy (non-hydrogen) atoms. The summed E-state index contributed by atoms with van der Waals surface area (Å²) in [5, 5.41) is 12.1. The van der Waals surface area contributed by atoms with Gasteiger partial charge in [-0.1, -0.05) is 5.16 Å². The second kappa shape index (κ2) is 4.44. The highest BCUT2D eigenvalue weighted by molar-refractivity contribution is 5.85. The van der Waals surface area contributed by atoms with Crippen molar-refractivity contribution in [3.63, 3.8) is 0 Å². The quantitative estimate of drug-likeness (QED) is 0.803. The highest BCUT2D eigenvalue weighted by atomic mass is 16.5. The van der Waals surface area contributed by atoms with E-state index in [0.29, 0.717) is 5.76 Å². The summed E-state index contributed by atoms with van der Waals surface area (Å²) in [6.45, 7) is 3.20. The number of carbonyl (C=O) groups is 1. The Bertz CT molecular complexity index is 342. The summed E-state index contributed by atoms with van der Waals surface area (Å²) in [5.41, 5.74) is -0.00794. The van der Waals surface area contributed by atoms with Crippen molar-refractivity contribution in [1.82, 2.24) is 10.1 Å². The zero-order valence-electron chi connectivity index (χ0n) is 8.48. The molecule has 0 bridgehead atoms. The molecular weight excluding hydrogens is 196 g/mol. The minimum Gasteiger partial charge on any atom is -0.476 e. The number of rotatable bonds is 4. The first-order valence-electron chi connectivity index (χ1n) is 5.17. The average Bonchev–Trinajstić information content (AvgIpc) is 2.86. The van der Waals surface area contributed by atoms with Crippen LogP contribution in [-0.2, 0) is 6.42 Å². The Hall–Kier alpha value is -1.36. The molecule has 2 heterocycles. The molecule has 0 spiro atoms. The largest absolute Gasteiger partial charge is 0.476 e. The zero-order chi connectivity index (χ0) is 10.7. The molecule has 5 heteroatoms. The lowest BCUT2D eigenvalue weighted by atomic mass is 10.3. The van der Waals surface area contributed by atoms with E-state index in [1.165, 1.54) is 18.9 Å². The van der Waals surface area contributed by atoms with E-state index in [1.807, 2.05) is 0 Å². The van der Waals surface area contributed by atoms with Crippen molar-refractivity contribution in [2.75, 3.05) is 19.6 Å². The Labute approximate surface area is 87.7 Å². The Morgan fingerprint density at radius 2 is 2.27 bits per heavy atom. The number of hydrogen-bond donors (Lipinski definition) is 1. The van der Waals surface area contributed by atoms with Crippen LogP contribution < -0.4 is 0 Å². The Morgan fingerprint density at radius 3 is 2.87 bits per heavy atom. The Kier molecular flexibility index (Phi) is 3.01. The molecule has 0 aromatic carbocycles. The molecule has 5 nitrogen and oxygen atoms in total. The van der Waals surface area contributed by atoms with E-state index in [-0.39, 0.29) is 5.69 Å². The van der Waals surface area contributed by atoms with Gasteiger partial charge in [0.15, 0.2) is 5.69 Å². The normalized spacial score (nSPS) is 17.1. The molecule has 0 amide bonds. The lowest BCUT2D eigenvalue weighted by molar-refractivity contribution is 0.0685. The lowest BCUT2D eigenvalue weighted by Gasteiger charge is -2.12. The number of likely N-dealkylation sites (tertiary alicyclic amines) is 1. The fourth-order valence-electron chi connectivity index (χ4n) is 1.81. The maximum Gasteiger partial charge on any atom is 0.358 e. The van der Waals surface area contributed by atoms with Crippen LogP contribution in [0.25, 0.3) is 0 Å². The van der Waals surface area contributed by atoms with Gasteiger partial charge in [-0.25, -0.2) is 4.79 Å². The van der Waals surface area contributed by atoms with E-state index in [1.54, 1.807) is 0 Å². The van der Waals surface area contributed by atoms with Crippen LogP contribution in [0.2, 0.25) is 0 Å².